The van der Waals surface area contributed by atoms with E-state index in [9.17, 15) is 9.18 Å². The molecule has 2 rings (SSSR count). The van der Waals surface area contributed by atoms with Crippen molar-refractivity contribution in [3.8, 4) is 5.75 Å². The van der Waals surface area contributed by atoms with Gasteiger partial charge in [0.05, 0.1) is 12.1 Å². The number of nitrogens with zero attached hydrogens (tertiary/aromatic N) is 1. The highest BCUT2D eigenvalue weighted by molar-refractivity contribution is 6.32. The summed E-state index contributed by atoms with van der Waals surface area (Å²) in [4.78, 5) is 14.3. The van der Waals surface area contributed by atoms with Crippen LogP contribution in [0.5, 0.6) is 5.75 Å². The summed E-state index contributed by atoms with van der Waals surface area (Å²) in [6.07, 6.45) is 3.74. The van der Waals surface area contributed by atoms with Gasteiger partial charge in [0.1, 0.15) is 5.54 Å². The van der Waals surface area contributed by atoms with E-state index in [1.807, 2.05) is 0 Å². The molecule has 5 heteroatoms. The van der Waals surface area contributed by atoms with Crippen molar-refractivity contribution in [2.75, 3.05) is 7.11 Å². The predicted molar refractivity (Wildman–Crippen MR) is 66.3 cm³/mol. The molecule has 0 N–H and O–H groups in total. The van der Waals surface area contributed by atoms with Crippen LogP contribution < -0.4 is 4.74 Å². The number of methoxy groups -OCH3 is 1. The maximum Gasteiger partial charge on any atom is 0.235 e. The Bertz CT molecular complexity index is 534. The van der Waals surface area contributed by atoms with E-state index in [4.69, 9.17) is 16.3 Å². The quantitative estimate of drug-likeness (QED) is 0.622. The van der Waals surface area contributed by atoms with Crippen molar-refractivity contribution in [2.24, 2.45) is 4.99 Å². The average molecular weight is 270 g/mol. The third-order valence-electron chi connectivity index (χ3n) is 3.49. The average Bonchev–Trinajstić information content (AvgIpc) is 2.30. The number of carbonyl (C=O) groups excluding carboxylic acids is 1. The first kappa shape index (κ1) is 13.1. The van der Waals surface area contributed by atoms with Crippen LogP contribution in [0.25, 0.3) is 0 Å². The minimum absolute atomic E-state index is 0.0130. The maximum atomic E-state index is 14.4. The molecular formula is C13H13ClFNO2. The van der Waals surface area contributed by atoms with Crippen LogP contribution in [0.3, 0.4) is 0 Å². The molecule has 96 valence electrons. The molecule has 1 fully saturated rings. The zero-order valence-electron chi connectivity index (χ0n) is 10.2. The van der Waals surface area contributed by atoms with E-state index >= 15 is 0 Å². The maximum absolute atomic E-state index is 14.4. The lowest BCUT2D eigenvalue weighted by Crippen LogP contribution is -2.33. The van der Waals surface area contributed by atoms with E-state index in [0.717, 1.165) is 6.42 Å². The topological polar surface area (TPSA) is 38.7 Å². The van der Waals surface area contributed by atoms with E-state index in [-0.39, 0.29) is 10.8 Å². The summed E-state index contributed by atoms with van der Waals surface area (Å²) >= 11 is 5.99. The van der Waals surface area contributed by atoms with Gasteiger partial charge in [0.25, 0.3) is 0 Å². The van der Waals surface area contributed by atoms with E-state index in [2.05, 4.69) is 4.99 Å². The molecule has 18 heavy (non-hydrogen) atoms. The van der Waals surface area contributed by atoms with Crippen molar-refractivity contribution in [1.82, 2.24) is 0 Å². The molecule has 0 radical (unpaired) electrons. The Labute approximate surface area is 110 Å². The van der Waals surface area contributed by atoms with Crippen LogP contribution in [0.1, 0.15) is 30.4 Å². The molecule has 1 aliphatic carbocycles. The van der Waals surface area contributed by atoms with Crippen LogP contribution in [0.2, 0.25) is 5.02 Å². The van der Waals surface area contributed by atoms with Gasteiger partial charge in [-0.05, 0) is 37.8 Å². The van der Waals surface area contributed by atoms with E-state index in [1.165, 1.54) is 7.11 Å². The first-order valence-corrected chi connectivity index (χ1v) is 6.05. The van der Waals surface area contributed by atoms with Gasteiger partial charge in [-0.25, -0.2) is 9.18 Å². The van der Waals surface area contributed by atoms with Gasteiger partial charge < -0.3 is 4.74 Å². The summed E-state index contributed by atoms with van der Waals surface area (Å²) in [5.74, 6) is -0.522. The van der Waals surface area contributed by atoms with Gasteiger partial charge in [0.2, 0.25) is 6.08 Å². The van der Waals surface area contributed by atoms with Gasteiger partial charge in [-0.2, -0.15) is 4.99 Å². The highest BCUT2D eigenvalue weighted by atomic mass is 35.5. The molecular weight excluding hydrogens is 257 g/mol. The van der Waals surface area contributed by atoms with Crippen LogP contribution in [-0.4, -0.2) is 13.2 Å². The molecule has 1 saturated carbocycles. The number of hydrogen-bond acceptors (Lipinski definition) is 3. The second-order valence-electron chi connectivity index (χ2n) is 4.49. The lowest BCUT2D eigenvalue weighted by molar-refractivity contribution is 0.244. The first-order chi connectivity index (χ1) is 8.55. The minimum Gasteiger partial charge on any atom is -0.492 e. The Morgan fingerprint density at radius 1 is 1.56 bits per heavy atom. The molecule has 0 aromatic heterocycles. The Hall–Kier alpha value is -1.38. The lowest BCUT2D eigenvalue weighted by atomic mass is 9.72. The summed E-state index contributed by atoms with van der Waals surface area (Å²) in [5, 5.41) is 0.253. The minimum atomic E-state index is -0.783. The summed E-state index contributed by atoms with van der Waals surface area (Å²) in [6, 6.07) is 1.64. The normalized spacial score (nSPS) is 16.7. The van der Waals surface area contributed by atoms with E-state index in [1.54, 1.807) is 19.1 Å². The Morgan fingerprint density at radius 3 is 2.67 bits per heavy atom. The van der Waals surface area contributed by atoms with Gasteiger partial charge >= 0.3 is 0 Å². The highest BCUT2D eigenvalue weighted by Crippen LogP contribution is 2.48. The third kappa shape index (κ3) is 1.82. The van der Waals surface area contributed by atoms with E-state index < -0.39 is 11.4 Å². The number of hydrogen-bond donors (Lipinski definition) is 0. The lowest BCUT2D eigenvalue weighted by Gasteiger charge is -2.37. The van der Waals surface area contributed by atoms with Gasteiger partial charge in [0.15, 0.2) is 11.6 Å². The number of aliphatic imine (C=N–C) groups is 1. The molecule has 0 heterocycles. The largest absolute Gasteiger partial charge is 0.492 e. The number of isocyanates is 1. The second-order valence-corrected chi connectivity index (χ2v) is 4.87. The predicted octanol–water partition coefficient (Wildman–Crippen LogP) is 3.51. The van der Waals surface area contributed by atoms with Crippen molar-refractivity contribution in [3.63, 3.8) is 0 Å². The monoisotopic (exact) mass is 269 g/mol. The van der Waals surface area contributed by atoms with Crippen molar-refractivity contribution < 1.29 is 13.9 Å². The third-order valence-corrected chi connectivity index (χ3v) is 3.96. The number of rotatable bonds is 3. The van der Waals surface area contributed by atoms with Crippen molar-refractivity contribution in [1.29, 1.82) is 0 Å². The Balaban J connectivity index is 2.64. The molecule has 1 aromatic carbocycles. The molecule has 0 aliphatic heterocycles. The fraction of sp³-hybridized carbons (Fsp3) is 0.462. The summed E-state index contributed by atoms with van der Waals surface area (Å²) in [5.41, 5.74) is 0.294. The number of aryl methyl sites for hydroxylation is 1. The molecule has 0 atom stereocenters. The number of halogens is 2. The zero-order valence-corrected chi connectivity index (χ0v) is 11.0. The standard InChI is InChI=1S/C13H13ClFNO2/c1-8-6-9(11(15)12(18-2)10(8)14)13(16-7-17)4-3-5-13/h6H,3-5H2,1-2H3. The van der Waals surface area contributed by atoms with Crippen molar-refractivity contribution in [3.05, 3.63) is 28.0 Å². The molecule has 3 nitrogen and oxygen atoms in total. The summed E-state index contributed by atoms with van der Waals surface area (Å²) < 4.78 is 19.3. The van der Waals surface area contributed by atoms with Crippen LogP contribution >= 0.6 is 11.6 Å². The SMILES string of the molecule is COc1c(F)c(C2(N=C=O)CCC2)cc(C)c1Cl. The van der Waals surface area contributed by atoms with Crippen molar-refractivity contribution >= 4 is 17.7 Å². The summed E-state index contributed by atoms with van der Waals surface area (Å²) in [6.45, 7) is 1.77. The van der Waals surface area contributed by atoms with Gasteiger partial charge in [-0.3, -0.25) is 0 Å². The molecule has 0 unspecified atom stereocenters. The fourth-order valence-corrected chi connectivity index (χ4v) is 2.51. The second kappa shape index (κ2) is 4.71. The molecule has 0 spiro atoms. The zero-order chi connectivity index (χ0) is 13.3. The molecule has 1 aromatic rings. The smallest absolute Gasteiger partial charge is 0.235 e. The Morgan fingerprint density at radius 2 is 2.22 bits per heavy atom. The summed E-state index contributed by atoms with van der Waals surface area (Å²) in [7, 11) is 1.37. The van der Waals surface area contributed by atoms with Crippen LogP contribution in [0.15, 0.2) is 11.1 Å². The molecule has 1 aliphatic rings. The van der Waals surface area contributed by atoms with Crippen LogP contribution in [-0.2, 0) is 10.3 Å². The van der Waals surface area contributed by atoms with Crippen molar-refractivity contribution in [2.45, 2.75) is 31.7 Å². The molecule has 0 saturated heterocycles. The van der Waals surface area contributed by atoms with Gasteiger partial charge in [-0.1, -0.05) is 11.6 Å². The van der Waals surface area contributed by atoms with Crippen LogP contribution in [0, 0.1) is 12.7 Å². The van der Waals surface area contributed by atoms with Crippen LogP contribution in [0.4, 0.5) is 4.39 Å². The molecule has 0 amide bonds. The molecule has 0 bridgehead atoms. The fourth-order valence-electron chi connectivity index (χ4n) is 2.30. The Kier molecular flexibility index (Phi) is 3.42. The van der Waals surface area contributed by atoms with Gasteiger partial charge in [-0.15, -0.1) is 0 Å². The first-order valence-electron chi connectivity index (χ1n) is 5.68. The van der Waals surface area contributed by atoms with Gasteiger partial charge in [0, 0.05) is 5.56 Å². The van der Waals surface area contributed by atoms with E-state index in [0.29, 0.717) is 24.0 Å². The number of benzene rings is 1. The highest BCUT2D eigenvalue weighted by Gasteiger charge is 2.42. The number of ether oxygens (including phenoxy) is 1.